The number of nitrogens with two attached hydrogens (primary N) is 2. The Morgan fingerprint density at radius 1 is 1.00 bits per heavy atom. The van der Waals surface area contributed by atoms with Crippen molar-refractivity contribution in [2.24, 2.45) is 11.5 Å². The Bertz CT molecular complexity index is 264. The van der Waals surface area contributed by atoms with Gasteiger partial charge >= 0.3 is 12.1 Å². The van der Waals surface area contributed by atoms with Crippen molar-refractivity contribution < 1.29 is 22.0 Å². The zero-order valence-corrected chi connectivity index (χ0v) is 7.33. The lowest BCUT2D eigenvalue weighted by Gasteiger charge is -2.19. The van der Waals surface area contributed by atoms with Crippen LogP contribution in [0.1, 0.15) is 0 Å². The van der Waals surface area contributed by atoms with Gasteiger partial charge < -0.3 is 11.5 Å². The summed E-state index contributed by atoms with van der Waals surface area (Å²) >= 11 is 5.00. The molecule has 4 N–H and O–H groups in total. The van der Waals surface area contributed by atoms with Gasteiger partial charge in [-0.15, -0.1) is 0 Å². The van der Waals surface area contributed by atoms with Crippen LogP contribution >= 0.6 is 11.6 Å². The lowest BCUT2D eigenvalue weighted by Crippen LogP contribution is -2.41. The molecule has 0 saturated heterocycles. The van der Waals surface area contributed by atoms with Crippen molar-refractivity contribution in [3.63, 3.8) is 0 Å². The topological polar surface area (TPSA) is 52.0 Å². The van der Waals surface area contributed by atoms with Gasteiger partial charge in [-0.3, -0.25) is 0 Å². The van der Waals surface area contributed by atoms with Crippen LogP contribution < -0.4 is 11.5 Å². The first-order chi connectivity index (χ1) is 6.09. The van der Waals surface area contributed by atoms with E-state index in [9.17, 15) is 22.0 Å². The summed E-state index contributed by atoms with van der Waals surface area (Å²) in [6.07, 6.45) is -4.80. The molecule has 0 bridgehead atoms. The van der Waals surface area contributed by atoms with Crippen LogP contribution in [0.4, 0.5) is 22.0 Å². The molecule has 0 aliphatic carbocycles. The lowest BCUT2D eigenvalue weighted by molar-refractivity contribution is -0.264. The van der Waals surface area contributed by atoms with E-state index in [1.165, 1.54) is 0 Å². The molecule has 0 aromatic heterocycles. The Kier molecular flexibility index (Phi) is 3.75. The van der Waals surface area contributed by atoms with Crippen LogP contribution in [0.2, 0.25) is 0 Å². The third-order valence-corrected chi connectivity index (χ3v) is 1.27. The van der Waals surface area contributed by atoms with E-state index in [2.05, 4.69) is 5.73 Å². The number of alkyl halides is 5. The number of hydrogen-bond donors (Lipinski definition) is 2. The fraction of sp³-hybridized carbons (Fsp3) is 0.333. The molecule has 0 saturated carbocycles. The Hall–Kier alpha value is -0.980. The van der Waals surface area contributed by atoms with Crippen molar-refractivity contribution in [3.05, 3.63) is 23.0 Å². The molecule has 0 atom stereocenters. The highest BCUT2D eigenvalue weighted by Gasteiger charge is 2.59. The highest BCUT2D eigenvalue weighted by Crippen LogP contribution is 2.38. The summed E-state index contributed by atoms with van der Waals surface area (Å²) in [6, 6.07) is 0. The molecule has 82 valence electrons. The predicted octanol–water partition coefficient (Wildman–Crippen LogP) is 2.07. The molecule has 0 aliphatic heterocycles. The summed E-state index contributed by atoms with van der Waals surface area (Å²) in [4.78, 5) is 0. The van der Waals surface area contributed by atoms with E-state index in [4.69, 9.17) is 17.3 Å². The predicted molar refractivity (Wildman–Crippen MR) is 41.4 cm³/mol. The third-order valence-electron chi connectivity index (χ3n) is 1.14. The first-order valence-corrected chi connectivity index (χ1v) is 3.50. The molecule has 0 heterocycles. The SMILES string of the molecule is N/C(=C\C=C(/N)Cl)C(F)(F)C(F)(F)F. The van der Waals surface area contributed by atoms with Crippen molar-refractivity contribution >= 4 is 11.6 Å². The van der Waals surface area contributed by atoms with Gasteiger partial charge in [-0.25, -0.2) is 0 Å². The van der Waals surface area contributed by atoms with Crippen LogP contribution in [0, 0.1) is 0 Å². The molecule has 0 unspecified atom stereocenters. The maximum Gasteiger partial charge on any atom is 0.459 e. The fourth-order valence-corrected chi connectivity index (χ4v) is 0.501. The molecule has 0 aliphatic rings. The van der Waals surface area contributed by atoms with Crippen molar-refractivity contribution in [3.8, 4) is 0 Å². The highest BCUT2D eigenvalue weighted by atomic mass is 35.5. The van der Waals surface area contributed by atoms with Crippen molar-refractivity contribution in [2.45, 2.75) is 12.1 Å². The standard InChI is InChI=1S/C6H6ClF5N2/c7-4(14)2-1-3(13)5(8,9)6(10,11)12/h1-2H,13-14H2/b3-1-,4-2-. The van der Waals surface area contributed by atoms with Gasteiger partial charge in [0.2, 0.25) is 0 Å². The molecule has 0 aromatic rings. The third kappa shape index (κ3) is 3.06. The van der Waals surface area contributed by atoms with Gasteiger partial charge in [0.25, 0.3) is 0 Å². The molecule has 0 rings (SSSR count). The summed E-state index contributed by atoms with van der Waals surface area (Å²) in [5, 5.41) is -0.453. The minimum Gasteiger partial charge on any atom is -0.397 e. The molecule has 0 fully saturated rings. The summed E-state index contributed by atoms with van der Waals surface area (Å²) in [7, 11) is 0. The Balaban J connectivity index is 4.94. The molecule has 0 spiro atoms. The minimum atomic E-state index is -5.73. The second-order valence-electron chi connectivity index (χ2n) is 2.25. The smallest absolute Gasteiger partial charge is 0.397 e. The molecular formula is C6H6ClF5N2. The van der Waals surface area contributed by atoms with Gasteiger partial charge in [0.05, 0.1) is 10.9 Å². The van der Waals surface area contributed by atoms with E-state index in [1.807, 2.05) is 0 Å². The van der Waals surface area contributed by atoms with Crippen molar-refractivity contribution in [2.75, 3.05) is 0 Å². The second-order valence-corrected chi connectivity index (χ2v) is 2.68. The zero-order chi connectivity index (χ0) is 11.6. The molecular weight excluding hydrogens is 231 g/mol. The quantitative estimate of drug-likeness (QED) is 0.438. The van der Waals surface area contributed by atoms with Gasteiger partial charge in [-0.1, -0.05) is 11.6 Å². The van der Waals surface area contributed by atoms with Crippen LogP contribution in [-0.2, 0) is 0 Å². The van der Waals surface area contributed by atoms with E-state index in [-0.39, 0.29) is 0 Å². The van der Waals surface area contributed by atoms with Crippen molar-refractivity contribution in [1.82, 2.24) is 0 Å². The number of rotatable bonds is 2. The fourth-order valence-electron chi connectivity index (χ4n) is 0.438. The average molecular weight is 237 g/mol. The van der Waals surface area contributed by atoms with Crippen LogP contribution in [0.3, 0.4) is 0 Å². The lowest BCUT2D eigenvalue weighted by atomic mass is 10.2. The monoisotopic (exact) mass is 236 g/mol. The van der Waals surface area contributed by atoms with E-state index in [0.29, 0.717) is 12.2 Å². The Labute approximate surface area is 81.0 Å². The van der Waals surface area contributed by atoms with Gasteiger partial charge in [-0.2, -0.15) is 22.0 Å². The molecule has 0 radical (unpaired) electrons. The second kappa shape index (κ2) is 4.04. The van der Waals surface area contributed by atoms with Gasteiger partial charge in [0.15, 0.2) is 0 Å². The molecule has 0 aromatic carbocycles. The van der Waals surface area contributed by atoms with Crippen LogP contribution in [0.25, 0.3) is 0 Å². The van der Waals surface area contributed by atoms with Crippen LogP contribution in [0.5, 0.6) is 0 Å². The first-order valence-electron chi connectivity index (χ1n) is 3.12. The molecule has 2 nitrogen and oxygen atoms in total. The minimum absolute atomic E-state index is 0.301. The number of hydrogen-bond acceptors (Lipinski definition) is 2. The van der Waals surface area contributed by atoms with E-state index < -0.39 is 23.0 Å². The normalized spacial score (nSPS) is 15.9. The van der Waals surface area contributed by atoms with Gasteiger partial charge in [0.1, 0.15) is 0 Å². The Morgan fingerprint density at radius 2 is 1.43 bits per heavy atom. The average Bonchev–Trinajstić information content (AvgIpc) is 1.97. The van der Waals surface area contributed by atoms with Crippen molar-refractivity contribution in [1.29, 1.82) is 0 Å². The number of allylic oxidation sites excluding steroid dienone is 3. The molecule has 0 amide bonds. The maximum absolute atomic E-state index is 12.3. The highest BCUT2D eigenvalue weighted by molar-refractivity contribution is 6.29. The zero-order valence-electron chi connectivity index (χ0n) is 6.58. The first kappa shape index (κ1) is 13.0. The summed E-state index contributed by atoms with van der Waals surface area (Å²) in [6.45, 7) is 0. The number of halogens is 6. The van der Waals surface area contributed by atoms with Gasteiger partial charge in [-0.05, 0) is 12.2 Å². The Morgan fingerprint density at radius 3 is 1.71 bits per heavy atom. The maximum atomic E-state index is 12.3. The molecule has 8 heteroatoms. The van der Waals surface area contributed by atoms with Gasteiger partial charge in [0, 0.05) is 0 Å². The summed E-state index contributed by atoms with van der Waals surface area (Å²) in [5.41, 5.74) is 7.64. The molecule has 14 heavy (non-hydrogen) atoms. The van der Waals surface area contributed by atoms with E-state index >= 15 is 0 Å². The van der Waals surface area contributed by atoms with Crippen LogP contribution in [-0.4, -0.2) is 12.1 Å². The largest absolute Gasteiger partial charge is 0.459 e. The van der Waals surface area contributed by atoms with E-state index in [0.717, 1.165) is 0 Å². The summed E-state index contributed by atoms with van der Waals surface area (Å²) < 4.78 is 59.6. The van der Waals surface area contributed by atoms with E-state index in [1.54, 1.807) is 0 Å². The van der Waals surface area contributed by atoms with Crippen LogP contribution in [0.15, 0.2) is 23.0 Å². The summed E-state index contributed by atoms with van der Waals surface area (Å²) in [5.74, 6) is -5.09.